The molecule has 3 aromatic rings. The van der Waals surface area contributed by atoms with E-state index in [9.17, 15) is 14.9 Å². The Morgan fingerprint density at radius 3 is 2.58 bits per heavy atom. The minimum Gasteiger partial charge on any atom is -0.432 e. The fourth-order valence-electron chi connectivity index (χ4n) is 2.14. The molecule has 0 radical (unpaired) electrons. The van der Waals surface area contributed by atoms with E-state index in [-0.39, 0.29) is 17.5 Å². The first-order chi connectivity index (χ1) is 12.5. The van der Waals surface area contributed by atoms with Crippen molar-refractivity contribution in [1.82, 2.24) is 15.0 Å². The molecule has 0 saturated heterocycles. The van der Waals surface area contributed by atoms with Gasteiger partial charge in [0.25, 0.3) is 0 Å². The number of carbonyl (C=O) groups is 1. The van der Waals surface area contributed by atoms with Gasteiger partial charge in [0.2, 0.25) is 5.82 Å². The van der Waals surface area contributed by atoms with Crippen molar-refractivity contribution < 1.29 is 14.5 Å². The first kappa shape index (κ1) is 17.0. The number of ether oxygens (including phenoxy) is 1. The molecule has 2 aromatic heterocycles. The van der Waals surface area contributed by atoms with E-state index in [0.29, 0.717) is 17.0 Å². The van der Waals surface area contributed by atoms with Crippen LogP contribution in [0.1, 0.15) is 17.3 Å². The highest BCUT2D eigenvalue weighted by atomic mass is 16.6. The number of carbonyl (C=O) groups excluding carboxylic acids is 1. The van der Waals surface area contributed by atoms with Crippen LogP contribution in [0, 0.1) is 10.1 Å². The van der Waals surface area contributed by atoms with Gasteiger partial charge in [0.15, 0.2) is 5.78 Å². The van der Waals surface area contributed by atoms with Crippen molar-refractivity contribution in [3.05, 3.63) is 70.8 Å². The standard InChI is InChI=1S/C17H13N5O4/c1-11(23)12-4-6-13(7-5-12)21-16-15(22(24)25)17(20-10-19-16)26-14-3-2-8-18-9-14/h2-10H,1H3,(H,19,20,21). The van der Waals surface area contributed by atoms with E-state index in [1.54, 1.807) is 42.6 Å². The van der Waals surface area contributed by atoms with E-state index in [4.69, 9.17) is 4.74 Å². The molecule has 1 aromatic carbocycles. The van der Waals surface area contributed by atoms with Crippen molar-refractivity contribution in [1.29, 1.82) is 0 Å². The Hall–Kier alpha value is -3.88. The molecule has 0 aliphatic carbocycles. The summed E-state index contributed by atoms with van der Waals surface area (Å²) in [6, 6.07) is 9.73. The van der Waals surface area contributed by atoms with Crippen LogP contribution in [0.2, 0.25) is 0 Å². The summed E-state index contributed by atoms with van der Waals surface area (Å²) in [5.41, 5.74) is 0.657. The number of anilines is 2. The van der Waals surface area contributed by atoms with Crippen LogP contribution in [0.3, 0.4) is 0 Å². The molecule has 9 heteroatoms. The second-order valence-electron chi connectivity index (χ2n) is 5.18. The summed E-state index contributed by atoms with van der Waals surface area (Å²) in [5, 5.41) is 14.4. The molecule has 3 rings (SSSR count). The molecule has 0 aliphatic heterocycles. The molecule has 26 heavy (non-hydrogen) atoms. The molecule has 0 saturated carbocycles. The molecular weight excluding hydrogens is 338 g/mol. The fourth-order valence-corrected chi connectivity index (χ4v) is 2.14. The van der Waals surface area contributed by atoms with Crippen molar-refractivity contribution in [2.75, 3.05) is 5.32 Å². The number of hydrogen-bond donors (Lipinski definition) is 1. The molecule has 0 fully saturated rings. The maximum atomic E-state index is 11.5. The van der Waals surface area contributed by atoms with Gasteiger partial charge in [-0.3, -0.25) is 19.9 Å². The van der Waals surface area contributed by atoms with E-state index in [1.807, 2.05) is 0 Å². The minimum absolute atomic E-state index is 0.0283. The summed E-state index contributed by atoms with van der Waals surface area (Å²) in [7, 11) is 0. The zero-order valence-electron chi connectivity index (χ0n) is 13.6. The summed E-state index contributed by atoms with van der Waals surface area (Å²) in [6.45, 7) is 1.46. The maximum absolute atomic E-state index is 11.5. The third-order valence-corrected chi connectivity index (χ3v) is 3.37. The van der Waals surface area contributed by atoms with Crippen molar-refractivity contribution in [2.45, 2.75) is 6.92 Å². The van der Waals surface area contributed by atoms with Crippen LogP contribution in [0.25, 0.3) is 0 Å². The molecule has 2 heterocycles. The molecule has 0 bridgehead atoms. The first-order valence-corrected chi connectivity index (χ1v) is 7.50. The largest absolute Gasteiger partial charge is 0.432 e. The first-order valence-electron chi connectivity index (χ1n) is 7.50. The third kappa shape index (κ3) is 3.78. The molecule has 0 spiro atoms. The predicted octanol–water partition coefficient (Wildman–Crippen LogP) is 3.52. The lowest BCUT2D eigenvalue weighted by atomic mass is 10.1. The van der Waals surface area contributed by atoms with Gasteiger partial charge in [-0.25, -0.2) is 4.98 Å². The van der Waals surface area contributed by atoms with Gasteiger partial charge in [0.1, 0.15) is 12.1 Å². The molecular formula is C17H13N5O4. The summed E-state index contributed by atoms with van der Waals surface area (Å²) < 4.78 is 5.46. The van der Waals surface area contributed by atoms with Crippen LogP contribution in [0.4, 0.5) is 17.2 Å². The highest BCUT2D eigenvalue weighted by Gasteiger charge is 2.25. The molecule has 0 amide bonds. The van der Waals surface area contributed by atoms with Crippen LogP contribution in [0.15, 0.2) is 55.1 Å². The number of pyridine rings is 1. The number of rotatable bonds is 6. The topological polar surface area (TPSA) is 120 Å². The van der Waals surface area contributed by atoms with Crippen molar-refractivity contribution in [3.63, 3.8) is 0 Å². The third-order valence-electron chi connectivity index (χ3n) is 3.37. The Bertz CT molecular complexity index is 945. The Kier molecular flexibility index (Phi) is 4.79. The average Bonchev–Trinajstić information content (AvgIpc) is 2.63. The Balaban J connectivity index is 1.92. The minimum atomic E-state index is -0.627. The van der Waals surface area contributed by atoms with Crippen LogP contribution >= 0.6 is 0 Å². The lowest BCUT2D eigenvalue weighted by Gasteiger charge is -2.09. The zero-order valence-corrected chi connectivity index (χ0v) is 13.6. The number of nitrogens with one attached hydrogen (secondary N) is 1. The van der Waals surface area contributed by atoms with Gasteiger partial charge < -0.3 is 10.1 Å². The smallest absolute Gasteiger partial charge is 0.373 e. The summed E-state index contributed by atoms with van der Waals surface area (Å²) >= 11 is 0. The Labute approximate surface area is 147 Å². The molecule has 130 valence electrons. The molecule has 0 unspecified atom stereocenters. The van der Waals surface area contributed by atoms with Crippen LogP contribution < -0.4 is 10.1 Å². The zero-order chi connectivity index (χ0) is 18.5. The lowest BCUT2D eigenvalue weighted by Crippen LogP contribution is -2.04. The number of aromatic nitrogens is 3. The van der Waals surface area contributed by atoms with E-state index in [0.717, 1.165) is 6.33 Å². The van der Waals surface area contributed by atoms with Crippen LogP contribution in [-0.4, -0.2) is 25.7 Å². The highest BCUT2D eigenvalue weighted by molar-refractivity contribution is 5.94. The van der Waals surface area contributed by atoms with Crippen molar-refractivity contribution >= 4 is 23.0 Å². The summed E-state index contributed by atoms with van der Waals surface area (Å²) in [6.07, 6.45) is 4.13. The number of nitro groups is 1. The van der Waals surface area contributed by atoms with E-state index in [1.165, 1.54) is 13.1 Å². The van der Waals surface area contributed by atoms with Crippen molar-refractivity contribution in [2.24, 2.45) is 0 Å². The highest BCUT2D eigenvalue weighted by Crippen LogP contribution is 2.35. The molecule has 0 atom stereocenters. The van der Waals surface area contributed by atoms with Crippen molar-refractivity contribution in [3.8, 4) is 11.6 Å². The second-order valence-corrected chi connectivity index (χ2v) is 5.18. The predicted molar refractivity (Wildman–Crippen MR) is 92.7 cm³/mol. The van der Waals surface area contributed by atoms with Gasteiger partial charge in [-0.05, 0) is 43.3 Å². The van der Waals surface area contributed by atoms with Gasteiger partial charge in [-0.2, -0.15) is 4.98 Å². The van der Waals surface area contributed by atoms with Gasteiger partial charge >= 0.3 is 11.6 Å². The van der Waals surface area contributed by atoms with Gasteiger partial charge in [-0.15, -0.1) is 0 Å². The number of nitrogens with zero attached hydrogens (tertiary/aromatic N) is 4. The molecule has 9 nitrogen and oxygen atoms in total. The number of ketones is 1. The summed E-state index contributed by atoms with van der Waals surface area (Å²) in [5.74, 6) is 0.00288. The van der Waals surface area contributed by atoms with E-state index < -0.39 is 10.6 Å². The Morgan fingerprint density at radius 1 is 1.19 bits per heavy atom. The monoisotopic (exact) mass is 351 g/mol. The van der Waals surface area contributed by atoms with Crippen LogP contribution in [-0.2, 0) is 0 Å². The summed E-state index contributed by atoms with van der Waals surface area (Å²) in [4.78, 5) is 33.9. The van der Waals surface area contributed by atoms with Gasteiger partial charge in [0, 0.05) is 17.4 Å². The molecule has 0 aliphatic rings. The van der Waals surface area contributed by atoms with E-state index >= 15 is 0 Å². The second kappa shape index (κ2) is 7.34. The SMILES string of the molecule is CC(=O)c1ccc(Nc2ncnc(Oc3cccnc3)c2[N+](=O)[O-])cc1. The van der Waals surface area contributed by atoms with Crippen LogP contribution in [0.5, 0.6) is 11.6 Å². The average molecular weight is 351 g/mol. The van der Waals surface area contributed by atoms with Gasteiger partial charge in [0.05, 0.1) is 11.1 Å². The maximum Gasteiger partial charge on any atom is 0.373 e. The lowest BCUT2D eigenvalue weighted by molar-refractivity contribution is -0.385. The number of benzene rings is 1. The van der Waals surface area contributed by atoms with E-state index in [2.05, 4.69) is 20.3 Å². The normalized spacial score (nSPS) is 10.2. The number of hydrogen-bond acceptors (Lipinski definition) is 8. The quantitative estimate of drug-likeness (QED) is 0.407. The molecule has 1 N–H and O–H groups in total. The fraction of sp³-hybridized carbons (Fsp3) is 0.0588. The Morgan fingerprint density at radius 2 is 1.96 bits per heavy atom. The van der Waals surface area contributed by atoms with Gasteiger partial charge in [-0.1, -0.05) is 0 Å². The number of Topliss-reactive ketones (excluding diaryl/α,β-unsaturated/α-hetero) is 1.